The molecule has 0 radical (unpaired) electrons. The van der Waals surface area contributed by atoms with Crippen molar-refractivity contribution in [2.45, 2.75) is 38.1 Å². The van der Waals surface area contributed by atoms with Gasteiger partial charge in [-0.15, -0.1) is 0 Å². The zero-order valence-corrected chi connectivity index (χ0v) is 14.6. The molecule has 4 rings (SSSR count). The van der Waals surface area contributed by atoms with Crippen molar-refractivity contribution in [1.82, 2.24) is 19.8 Å². The summed E-state index contributed by atoms with van der Waals surface area (Å²) >= 11 is 0. The van der Waals surface area contributed by atoms with Crippen molar-refractivity contribution in [1.29, 1.82) is 0 Å². The monoisotopic (exact) mass is 330 g/mol. The summed E-state index contributed by atoms with van der Waals surface area (Å²) in [6.45, 7) is 3.74. The van der Waals surface area contributed by atoms with Gasteiger partial charge in [0.2, 0.25) is 0 Å². The van der Waals surface area contributed by atoms with Gasteiger partial charge in [0.1, 0.15) is 11.5 Å². The van der Waals surface area contributed by atoms with E-state index in [0.717, 1.165) is 50.5 Å². The second kappa shape index (κ2) is 6.69. The molecule has 1 fully saturated rings. The molecular weight excluding hydrogens is 304 g/mol. The van der Waals surface area contributed by atoms with Crippen molar-refractivity contribution < 1.29 is 9.26 Å². The summed E-state index contributed by atoms with van der Waals surface area (Å²) < 4.78 is 12.9. The van der Waals surface area contributed by atoms with Crippen molar-refractivity contribution in [2.24, 2.45) is 13.0 Å². The van der Waals surface area contributed by atoms with E-state index in [-0.39, 0.29) is 0 Å². The van der Waals surface area contributed by atoms with Gasteiger partial charge in [-0.3, -0.25) is 9.58 Å². The summed E-state index contributed by atoms with van der Waals surface area (Å²) in [5, 5.41) is 8.71. The minimum absolute atomic E-state index is 0.473. The zero-order valence-electron chi connectivity index (χ0n) is 14.6. The molecule has 2 atom stereocenters. The smallest absolute Gasteiger partial charge is 0.140 e. The van der Waals surface area contributed by atoms with Crippen LogP contribution >= 0.6 is 0 Å². The van der Waals surface area contributed by atoms with Crippen LogP contribution in [0.2, 0.25) is 0 Å². The molecule has 0 spiro atoms. The lowest BCUT2D eigenvalue weighted by atomic mass is 9.92. The molecule has 2 aromatic heterocycles. The maximum absolute atomic E-state index is 5.57. The third kappa shape index (κ3) is 3.00. The molecule has 0 bridgehead atoms. The number of aryl methyl sites for hydroxylation is 2. The van der Waals surface area contributed by atoms with Crippen LogP contribution in [0.4, 0.5) is 0 Å². The number of ether oxygens (including phenoxy) is 1. The number of rotatable bonds is 5. The van der Waals surface area contributed by atoms with Crippen molar-refractivity contribution in [3.63, 3.8) is 0 Å². The van der Waals surface area contributed by atoms with Crippen molar-refractivity contribution in [3.05, 3.63) is 35.0 Å². The highest BCUT2D eigenvalue weighted by molar-refractivity contribution is 5.26. The Hall–Kier alpha value is -1.66. The van der Waals surface area contributed by atoms with Gasteiger partial charge in [0.15, 0.2) is 0 Å². The van der Waals surface area contributed by atoms with E-state index in [2.05, 4.69) is 21.4 Å². The van der Waals surface area contributed by atoms with Crippen LogP contribution < -0.4 is 0 Å². The Kier molecular flexibility index (Phi) is 4.41. The van der Waals surface area contributed by atoms with Crippen LogP contribution in [0.25, 0.3) is 0 Å². The molecule has 1 aliphatic carbocycles. The van der Waals surface area contributed by atoms with Gasteiger partial charge in [0, 0.05) is 63.8 Å². The van der Waals surface area contributed by atoms with Gasteiger partial charge < -0.3 is 9.26 Å². The van der Waals surface area contributed by atoms with Gasteiger partial charge in [-0.1, -0.05) is 5.16 Å². The molecule has 2 aromatic rings. The van der Waals surface area contributed by atoms with E-state index < -0.39 is 0 Å². The molecule has 0 amide bonds. The first-order chi connectivity index (χ1) is 11.7. The van der Waals surface area contributed by atoms with Crippen LogP contribution in [0.5, 0.6) is 0 Å². The molecular formula is C18H26N4O2. The molecule has 0 saturated carbocycles. The SMILES string of the molecule is COC[C@@H]1CN(Cc2noc3c2CCCC3)C[C@H]1c1cnn(C)c1. The highest BCUT2D eigenvalue weighted by Gasteiger charge is 2.35. The molecule has 0 unspecified atom stereocenters. The Morgan fingerprint density at radius 2 is 2.17 bits per heavy atom. The fourth-order valence-electron chi connectivity index (χ4n) is 4.27. The molecule has 3 heterocycles. The molecule has 1 aliphatic heterocycles. The fourth-order valence-corrected chi connectivity index (χ4v) is 4.27. The Labute approximate surface area is 142 Å². The van der Waals surface area contributed by atoms with Gasteiger partial charge in [0.25, 0.3) is 0 Å². The molecule has 0 aromatic carbocycles. The van der Waals surface area contributed by atoms with E-state index in [1.54, 1.807) is 7.11 Å². The van der Waals surface area contributed by atoms with Gasteiger partial charge in [-0.25, -0.2) is 0 Å². The molecule has 1 saturated heterocycles. The lowest BCUT2D eigenvalue weighted by Crippen LogP contribution is -2.22. The molecule has 2 aliphatic rings. The minimum Gasteiger partial charge on any atom is -0.384 e. The zero-order chi connectivity index (χ0) is 16.5. The fraction of sp³-hybridized carbons (Fsp3) is 0.667. The number of nitrogens with zero attached hydrogens (tertiary/aromatic N) is 4. The quantitative estimate of drug-likeness (QED) is 0.841. The summed E-state index contributed by atoms with van der Waals surface area (Å²) in [6.07, 6.45) is 8.78. The molecule has 24 heavy (non-hydrogen) atoms. The van der Waals surface area contributed by atoms with Crippen LogP contribution in [0.3, 0.4) is 0 Å². The lowest BCUT2D eigenvalue weighted by molar-refractivity contribution is 0.147. The van der Waals surface area contributed by atoms with Crippen LogP contribution in [0.15, 0.2) is 16.9 Å². The Morgan fingerprint density at radius 1 is 1.29 bits per heavy atom. The van der Waals surface area contributed by atoms with Crippen LogP contribution in [-0.4, -0.2) is 46.6 Å². The molecule has 130 valence electrons. The summed E-state index contributed by atoms with van der Waals surface area (Å²) in [4.78, 5) is 2.49. The van der Waals surface area contributed by atoms with E-state index in [9.17, 15) is 0 Å². The molecule has 6 nitrogen and oxygen atoms in total. The number of hydrogen-bond acceptors (Lipinski definition) is 5. The standard InChI is InChI=1S/C18H26N4O2/c1-21-8-13(7-19-21)16-10-22(9-14(16)12-23-2)11-17-15-5-3-4-6-18(15)24-20-17/h7-8,14,16H,3-6,9-12H2,1-2H3/t14-,16-/m0/s1. The Bertz CT molecular complexity index is 693. The van der Waals surface area contributed by atoms with Crippen molar-refractivity contribution >= 4 is 0 Å². The number of aromatic nitrogens is 3. The predicted molar refractivity (Wildman–Crippen MR) is 89.7 cm³/mol. The van der Waals surface area contributed by atoms with Gasteiger partial charge in [0.05, 0.1) is 12.8 Å². The Morgan fingerprint density at radius 3 is 2.96 bits per heavy atom. The van der Waals surface area contributed by atoms with Crippen LogP contribution in [0, 0.1) is 5.92 Å². The topological polar surface area (TPSA) is 56.3 Å². The van der Waals surface area contributed by atoms with E-state index in [4.69, 9.17) is 9.26 Å². The summed E-state index contributed by atoms with van der Waals surface area (Å²) in [5.41, 5.74) is 3.83. The van der Waals surface area contributed by atoms with E-state index in [1.807, 2.05) is 17.9 Å². The lowest BCUT2D eigenvalue weighted by Gasteiger charge is -2.16. The van der Waals surface area contributed by atoms with E-state index >= 15 is 0 Å². The Balaban J connectivity index is 1.49. The number of methoxy groups -OCH3 is 1. The highest BCUT2D eigenvalue weighted by atomic mass is 16.5. The van der Waals surface area contributed by atoms with Crippen LogP contribution in [0.1, 0.15) is 41.3 Å². The molecule has 0 N–H and O–H groups in total. The predicted octanol–water partition coefficient (Wildman–Crippen LogP) is 2.15. The van der Waals surface area contributed by atoms with Crippen molar-refractivity contribution in [3.8, 4) is 0 Å². The first kappa shape index (κ1) is 15.8. The maximum atomic E-state index is 5.57. The van der Waals surface area contributed by atoms with E-state index in [0.29, 0.717) is 11.8 Å². The first-order valence-electron chi connectivity index (χ1n) is 8.90. The third-order valence-electron chi connectivity index (χ3n) is 5.46. The summed E-state index contributed by atoms with van der Waals surface area (Å²) in [7, 11) is 3.76. The second-order valence-corrected chi connectivity index (χ2v) is 7.20. The van der Waals surface area contributed by atoms with E-state index in [1.165, 1.54) is 24.0 Å². The average molecular weight is 330 g/mol. The molecule has 6 heteroatoms. The van der Waals surface area contributed by atoms with Crippen molar-refractivity contribution in [2.75, 3.05) is 26.8 Å². The largest absolute Gasteiger partial charge is 0.384 e. The minimum atomic E-state index is 0.473. The normalized spacial score (nSPS) is 24.4. The maximum Gasteiger partial charge on any atom is 0.140 e. The average Bonchev–Trinajstić information content (AvgIpc) is 3.28. The van der Waals surface area contributed by atoms with Crippen LogP contribution in [-0.2, 0) is 31.2 Å². The summed E-state index contributed by atoms with van der Waals surface area (Å²) in [5.74, 6) is 2.09. The number of fused-ring (bicyclic) bond motifs is 1. The van der Waals surface area contributed by atoms with Gasteiger partial charge >= 0.3 is 0 Å². The number of likely N-dealkylation sites (tertiary alicyclic amines) is 1. The highest BCUT2D eigenvalue weighted by Crippen LogP contribution is 2.34. The second-order valence-electron chi connectivity index (χ2n) is 7.20. The summed E-state index contributed by atoms with van der Waals surface area (Å²) in [6, 6.07) is 0. The van der Waals surface area contributed by atoms with Gasteiger partial charge in [-0.05, 0) is 24.8 Å². The van der Waals surface area contributed by atoms with Gasteiger partial charge in [-0.2, -0.15) is 5.10 Å². The number of hydrogen-bond donors (Lipinski definition) is 0. The first-order valence-corrected chi connectivity index (χ1v) is 8.90. The third-order valence-corrected chi connectivity index (χ3v) is 5.46.